The van der Waals surface area contributed by atoms with Crippen molar-refractivity contribution < 1.29 is 9.53 Å². The van der Waals surface area contributed by atoms with E-state index in [1.807, 2.05) is 29.2 Å². The minimum absolute atomic E-state index is 0.128. The van der Waals surface area contributed by atoms with Crippen LogP contribution in [0, 0.1) is 0 Å². The number of benzene rings is 1. The normalized spacial score (nSPS) is 20.2. The highest BCUT2D eigenvalue weighted by molar-refractivity contribution is 7.99. The fourth-order valence-corrected chi connectivity index (χ4v) is 4.15. The van der Waals surface area contributed by atoms with Crippen molar-refractivity contribution >= 4 is 17.7 Å². The number of hydrogen-bond donors (Lipinski definition) is 1. The molecule has 2 N–H and O–H groups in total. The van der Waals surface area contributed by atoms with Gasteiger partial charge in [0, 0.05) is 17.6 Å². The highest BCUT2D eigenvalue weighted by Crippen LogP contribution is 2.26. The van der Waals surface area contributed by atoms with E-state index in [1.54, 1.807) is 7.11 Å². The number of hydrogen-bond acceptors (Lipinski definition) is 6. The summed E-state index contributed by atoms with van der Waals surface area (Å²) in [6.45, 7) is 4.23. The molecule has 2 atom stereocenters. The number of amides is 1. The molecule has 1 fully saturated rings. The molecule has 3 rings (SSSR count). The van der Waals surface area contributed by atoms with Gasteiger partial charge in [0.05, 0.1) is 12.9 Å². The van der Waals surface area contributed by atoms with E-state index in [4.69, 9.17) is 10.6 Å². The second-order valence-electron chi connectivity index (χ2n) is 6.62. The molecule has 0 bridgehead atoms. The standard InChI is InChI=1S/C18H25N5O2S/c1-12-5-4-6-13(2)22(12)16(24)11-26-18-21-20-17(23(18)19)14-7-9-15(25-3)10-8-14/h7-10,12-13H,4-6,11,19H2,1-3H3/t12-,13-/m1/s1. The van der Waals surface area contributed by atoms with E-state index in [-0.39, 0.29) is 18.0 Å². The van der Waals surface area contributed by atoms with Gasteiger partial charge in [-0.2, -0.15) is 0 Å². The van der Waals surface area contributed by atoms with Gasteiger partial charge < -0.3 is 15.5 Å². The van der Waals surface area contributed by atoms with E-state index in [0.29, 0.717) is 16.7 Å². The summed E-state index contributed by atoms with van der Waals surface area (Å²) in [7, 11) is 1.62. The minimum Gasteiger partial charge on any atom is -0.497 e. The second kappa shape index (κ2) is 7.99. The first-order valence-electron chi connectivity index (χ1n) is 8.80. The maximum atomic E-state index is 12.6. The summed E-state index contributed by atoms with van der Waals surface area (Å²) >= 11 is 1.32. The topological polar surface area (TPSA) is 86.3 Å². The van der Waals surface area contributed by atoms with Gasteiger partial charge in [-0.1, -0.05) is 11.8 Å². The zero-order valence-electron chi connectivity index (χ0n) is 15.4. The summed E-state index contributed by atoms with van der Waals surface area (Å²) in [5.41, 5.74) is 0.845. The number of carbonyl (C=O) groups is 1. The van der Waals surface area contributed by atoms with Crippen molar-refractivity contribution in [1.29, 1.82) is 0 Å². The number of rotatable bonds is 5. The number of nitrogens with zero attached hydrogens (tertiary/aromatic N) is 4. The third-order valence-electron chi connectivity index (χ3n) is 4.82. The lowest BCUT2D eigenvalue weighted by Gasteiger charge is -2.39. The lowest BCUT2D eigenvalue weighted by atomic mass is 9.98. The van der Waals surface area contributed by atoms with Gasteiger partial charge in [0.2, 0.25) is 11.1 Å². The Morgan fingerprint density at radius 3 is 2.50 bits per heavy atom. The van der Waals surface area contributed by atoms with Gasteiger partial charge >= 0.3 is 0 Å². The summed E-state index contributed by atoms with van der Waals surface area (Å²) in [4.78, 5) is 14.6. The minimum atomic E-state index is 0.128. The zero-order chi connectivity index (χ0) is 18.7. The number of carbonyl (C=O) groups excluding carboxylic acids is 1. The summed E-state index contributed by atoms with van der Waals surface area (Å²) in [5.74, 6) is 7.90. The van der Waals surface area contributed by atoms with Gasteiger partial charge in [-0.15, -0.1) is 10.2 Å². The van der Waals surface area contributed by atoms with Gasteiger partial charge in [-0.25, -0.2) is 4.68 Å². The van der Waals surface area contributed by atoms with Crippen LogP contribution in [0.4, 0.5) is 0 Å². The van der Waals surface area contributed by atoms with Crippen LogP contribution in [0.25, 0.3) is 11.4 Å². The third-order valence-corrected chi connectivity index (χ3v) is 5.75. The maximum Gasteiger partial charge on any atom is 0.233 e. The van der Waals surface area contributed by atoms with E-state index < -0.39 is 0 Å². The van der Waals surface area contributed by atoms with E-state index in [0.717, 1.165) is 24.2 Å². The highest BCUT2D eigenvalue weighted by atomic mass is 32.2. The summed E-state index contributed by atoms with van der Waals surface area (Å²) in [6, 6.07) is 8.03. The first-order valence-corrected chi connectivity index (χ1v) is 9.78. The molecule has 1 aromatic heterocycles. The Hall–Kier alpha value is -2.22. The van der Waals surface area contributed by atoms with Gasteiger partial charge in [-0.3, -0.25) is 4.79 Å². The molecule has 26 heavy (non-hydrogen) atoms. The van der Waals surface area contributed by atoms with Crippen molar-refractivity contribution in [2.45, 2.75) is 50.4 Å². The molecular weight excluding hydrogens is 350 g/mol. The van der Waals surface area contributed by atoms with E-state index in [1.165, 1.54) is 22.9 Å². The summed E-state index contributed by atoms with van der Waals surface area (Å²) in [5, 5.41) is 8.83. The molecule has 0 unspecified atom stereocenters. The SMILES string of the molecule is COc1ccc(-c2nnc(SCC(=O)N3[C@H](C)CCC[C@H]3C)n2N)cc1. The highest BCUT2D eigenvalue weighted by Gasteiger charge is 2.29. The lowest BCUT2D eigenvalue weighted by molar-refractivity contribution is -0.134. The molecule has 2 aromatic rings. The lowest BCUT2D eigenvalue weighted by Crippen LogP contribution is -2.48. The Morgan fingerprint density at radius 1 is 1.23 bits per heavy atom. The van der Waals surface area contributed by atoms with Crippen LogP contribution in [0.1, 0.15) is 33.1 Å². The van der Waals surface area contributed by atoms with Gasteiger partial charge in [-0.05, 0) is 57.4 Å². The average molecular weight is 375 g/mol. The quantitative estimate of drug-likeness (QED) is 0.638. The number of ether oxygens (including phenoxy) is 1. The summed E-state index contributed by atoms with van der Waals surface area (Å²) in [6.07, 6.45) is 3.31. The van der Waals surface area contributed by atoms with Gasteiger partial charge in [0.1, 0.15) is 5.75 Å². The number of aromatic nitrogens is 3. The molecule has 1 saturated heterocycles. The molecule has 0 aliphatic carbocycles. The first kappa shape index (κ1) is 18.6. The largest absolute Gasteiger partial charge is 0.497 e. The second-order valence-corrected chi connectivity index (χ2v) is 7.57. The number of likely N-dealkylation sites (tertiary alicyclic amines) is 1. The molecule has 1 aliphatic rings. The van der Waals surface area contributed by atoms with Crippen molar-refractivity contribution in [3.63, 3.8) is 0 Å². The molecule has 1 aromatic carbocycles. The Labute approximate surface area is 157 Å². The molecule has 0 spiro atoms. The fraction of sp³-hybridized carbons (Fsp3) is 0.500. The van der Waals surface area contributed by atoms with Crippen LogP contribution in [-0.2, 0) is 4.79 Å². The summed E-state index contributed by atoms with van der Waals surface area (Å²) < 4.78 is 6.59. The predicted molar refractivity (Wildman–Crippen MR) is 103 cm³/mol. The molecule has 2 heterocycles. The van der Waals surface area contributed by atoms with Crippen molar-refractivity contribution in [3.05, 3.63) is 24.3 Å². The Bertz CT molecular complexity index is 751. The Balaban J connectivity index is 1.67. The molecule has 0 saturated carbocycles. The van der Waals surface area contributed by atoms with E-state index >= 15 is 0 Å². The monoisotopic (exact) mass is 375 g/mol. The van der Waals surface area contributed by atoms with Crippen molar-refractivity contribution in [2.24, 2.45) is 0 Å². The molecule has 1 amide bonds. The van der Waals surface area contributed by atoms with Gasteiger partial charge in [0.25, 0.3) is 0 Å². The predicted octanol–water partition coefficient (Wildman–Crippen LogP) is 2.55. The Morgan fingerprint density at radius 2 is 1.88 bits per heavy atom. The van der Waals surface area contributed by atoms with Crippen LogP contribution >= 0.6 is 11.8 Å². The first-order chi connectivity index (χ1) is 12.5. The van der Waals surface area contributed by atoms with Crippen molar-refractivity contribution in [1.82, 2.24) is 19.8 Å². The molecule has 0 radical (unpaired) electrons. The Kier molecular flexibility index (Phi) is 5.70. The smallest absolute Gasteiger partial charge is 0.233 e. The number of thioether (sulfide) groups is 1. The molecule has 140 valence electrons. The van der Waals surface area contributed by atoms with Crippen LogP contribution in [0.3, 0.4) is 0 Å². The van der Waals surface area contributed by atoms with Crippen LogP contribution in [0.2, 0.25) is 0 Å². The number of piperidine rings is 1. The molecule has 8 heteroatoms. The molecule has 7 nitrogen and oxygen atoms in total. The van der Waals surface area contributed by atoms with Gasteiger partial charge in [0.15, 0.2) is 5.82 Å². The van der Waals surface area contributed by atoms with Crippen LogP contribution in [-0.4, -0.2) is 50.6 Å². The third kappa shape index (κ3) is 3.80. The molecular formula is C18H25N5O2S. The number of methoxy groups -OCH3 is 1. The van der Waals surface area contributed by atoms with Crippen LogP contribution in [0.5, 0.6) is 5.75 Å². The number of nitrogens with two attached hydrogens (primary N) is 1. The van der Waals surface area contributed by atoms with E-state index in [9.17, 15) is 4.79 Å². The van der Waals surface area contributed by atoms with Crippen LogP contribution < -0.4 is 10.6 Å². The van der Waals surface area contributed by atoms with Crippen LogP contribution in [0.15, 0.2) is 29.4 Å². The van der Waals surface area contributed by atoms with E-state index in [2.05, 4.69) is 24.0 Å². The van der Waals surface area contributed by atoms with Crippen molar-refractivity contribution in [2.75, 3.05) is 18.7 Å². The number of nitrogen functional groups attached to an aromatic ring is 1. The average Bonchev–Trinajstić information content (AvgIpc) is 3.00. The zero-order valence-corrected chi connectivity index (χ0v) is 16.2. The maximum absolute atomic E-state index is 12.6. The molecule has 1 aliphatic heterocycles. The fourth-order valence-electron chi connectivity index (χ4n) is 3.43. The van der Waals surface area contributed by atoms with Crippen molar-refractivity contribution in [3.8, 4) is 17.1 Å².